The van der Waals surface area contributed by atoms with Gasteiger partial charge in [-0.15, -0.1) is 0 Å². The lowest BCUT2D eigenvalue weighted by atomic mass is 9.80. The van der Waals surface area contributed by atoms with Crippen LogP contribution in [0.15, 0.2) is 60.7 Å². The molecule has 3 aromatic rings. The number of aliphatic hydroxyl groups excluding tert-OH is 2. The number of phenolic OH excluding ortho intramolecular Hbond substituents is 1. The van der Waals surface area contributed by atoms with Gasteiger partial charge < -0.3 is 49.8 Å². The summed E-state index contributed by atoms with van der Waals surface area (Å²) in [5.41, 5.74) is 2.39. The van der Waals surface area contributed by atoms with Crippen LogP contribution in [0.2, 0.25) is 0 Å². The topological polar surface area (TPSA) is 150 Å². The van der Waals surface area contributed by atoms with Gasteiger partial charge in [-0.25, -0.2) is 0 Å². The first-order chi connectivity index (χ1) is 25.7. The molecule has 0 radical (unpaired) electrons. The molecule has 5 aliphatic rings. The van der Waals surface area contributed by atoms with E-state index in [1.807, 2.05) is 43.3 Å². The number of piperidine rings is 3. The number of quaternary nitrogens is 1. The monoisotopic (exact) mass is 730 g/mol. The van der Waals surface area contributed by atoms with E-state index in [1.165, 1.54) is 25.0 Å². The molecule has 2 unspecified atom stereocenters. The first kappa shape index (κ1) is 37.6. The maximum Gasteiger partial charge on any atom is 0.262 e. The van der Waals surface area contributed by atoms with Gasteiger partial charge in [0.15, 0.2) is 6.61 Å². The van der Waals surface area contributed by atoms with E-state index in [4.69, 9.17) is 14.2 Å². The van der Waals surface area contributed by atoms with Crippen LogP contribution in [0.25, 0.3) is 0 Å². The zero-order chi connectivity index (χ0) is 37.0. The minimum atomic E-state index is -0.999. The van der Waals surface area contributed by atoms with E-state index in [2.05, 4.69) is 22.8 Å². The molecule has 11 nitrogen and oxygen atoms in total. The van der Waals surface area contributed by atoms with E-state index in [0.717, 1.165) is 73.9 Å². The Labute approximate surface area is 312 Å². The fourth-order valence-corrected chi connectivity index (χ4v) is 9.22. The fourth-order valence-electron chi connectivity index (χ4n) is 9.22. The Morgan fingerprint density at radius 1 is 1.06 bits per heavy atom. The lowest BCUT2D eigenvalue weighted by Gasteiger charge is -2.53. The number of aliphatic hydroxyl groups is 3. The summed E-state index contributed by atoms with van der Waals surface area (Å²) in [6, 6.07) is 18.6. The third kappa shape index (κ3) is 8.35. The summed E-state index contributed by atoms with van der Waals surface area (Å²) >= 11 is 0. The van der Waals surface area contributed by atoms with Gasteiger partial charge in [0.25, 0.3) is 5.91 Å². The predicted molar refractivity (Wildman–Crippen MR) is 201 cm³/mol. The molecule has 4 aliphatic heterocycles. The number of amides is 1. The Bertz CT molecular complexity index is 1710. The SMILES string of the molecule is CC(NC[C@H](O)c1cc(O)cc2c1OCC(=O)N2)c1ccc(OCCC[N+]23CCC(CC2)[C@@H](OCC(O)(c2ccccc2)C2CCCC2)C3)c(CO)c1. The van der Waals surface area contributed by atoms with Crippen LogP contribution in [-0.4, -0.2) is 89.5 Å². The first-order valence-corrected chi connectivity index (χ1v) is 19.5. The number of anilines is 1. The van der Waals surface area contributed by atoms with Crippen molar-refractivity contribution >= 4 is 11.6 Å². The number of aromatic hydroxyl groups is 1. The Kier molecular flexibility index (Phi) is 11.6. The Morgan fingerprint density at radius 2 is 1.83 bits per heavy atom. The second-order valence-corrected chi connectivity index (χ2v) is 15.8. The number of nitrogens with one attached hydrogen (secondary N) is 2. The van der Waals surface area contributed by atoms with E-state index < -0.39 is 11.7 Å². The molecule has 3 saturated heterocycles. The van der Waals surface area contributed by atoms with Gasteiger partial charge in [0.05, 0.1) is 51.2 Å². The van der Waals surface area contributed by atoms with Crippen molar-refractivity contribution in [2.24, 2.45) is 11.8 Å². The first-order valence-electron chi connectivity index (χ1n) is 19.5. The van der Waals surface area contributed by atoms with Crippen LogP contribution < -0.4 is 20.1 Å². The molecule has 3 aromatic carbocycles. The molecular weight excluding hydrogens is 674 g/mol. The number of carbonyl (C=O) groups is 1. The highest BCUT2D eigenvalue weighted by molar-refractivity contribution is 5.96. The lowest BCUT2D eigenvalue weighted by molar-refractivity contribution is -0.946. The second-order valence-electron chi connectivity index (χ2n) is 15.8. The zero-order valence-corrected chi connectivity index (χ0v) is 30.8. The molecule has 2 bridgehead atoms. The lowest BCUT2D eigenvalue weighted by Crippen LogP contribution is -2.65. The molecule has 0 spiro atoms. The van der Waals surface area contributed by atoms with Gasteiger partial charge in [-0.3, -0.25) is 4.79 Å². The van der Waals surface area contributed by atoms with Gasteiger partial charge in [-0.05, 0) is 55.0 Å². The molecule has 11 heteroatoms. The van der Waals surface area contributed by atoms with Gasteiger partial charge in [0.2, 0.25) is 0 Å². The molecular formula is C42H56N3O8+. The fraction of sp³-hybridized carbons (Fsp3) is 0.548. The van der Waals surface area contributed by atoms with Crippen molar-refractivity contribution in [2.75, 3.05) is 57.9 Å². The number of rotatable bonds is 16. The smallest absolute Gasteiger partial charge is 0.262 e. The van der Waals surface area contributed by atoms with Gasteiger partial charge in [0, 0.05) is 55.0 Å². The van der Waals surface area contributed by atoms with Crippen molar-refractivity contribution in [3.63, 3.8) is 0 Å². The van der Waals surface area contributed by atoms with Crippen LogP contribution in [-0.2, 0) is 21.7 Å². The van der Waals surface area contributed by atoms with Gasteiger partial charge in [-0.2, -0.15) is 0 Å². The van der Waals surface area contributed by atoms with Gasteiger partial charge in [-0.1, -0.05) is 49.2 Å². The number of hydrogen-bond acceptors (Lipinski definition) is 9. The summed E-state index contributed by atoms with van der Waals surface area (Å²) in [5, 5.41) is 49.4. The molecule has 4 atom stereocenters. The highest BCUT2D eigenvalue weighted by atomic mass is 16.5. The van der Waals surface area contributed by atoms with Gasteiger partial charge >= 0.3 is 0 Å². The number of nitrogens with zero attached hydrogens (tertiary/aromatic N) is 1. The number of benzene rings is 3. The minimum absolute atomic E-state index is 0.0785. The number of hydrogen-bond donors (Lipinski definition) is 6. The van der Waals surface area contributed by atoms with Crippen molar-refractivity contribution < 1.29 is 43.9 Å². The molecule has 0 aromatic heterocycles. The third-order valence-electron chi connectivity index (χ3n) is 12.4. The summed E-state index contributed by atoms with van der Waals surface area (Å²) in [6.07, 6.45) is 6.79. The number of fused-ring (bicyclic) bond motifs is 4. The molecule has 4 heterocycles. The molecule has 286 valence electrons. The highest BCUT2D eigenvalue weighted by Gasteiger charge is 2.48. The predicted octanol–water partition coefficient (Wildman–Crippen LogP) is 5.07. The van der Waals surface area contributed by atoms with Crippen molar-refractivity contribution in [1.82, 2.24) is 5.32 Å². The van der Waals surface area contributed by atoms with Crippen LogP contribution in [0.3, 0.4) is 0 Å². The van der Waals surface area contributed by atoms with Crippen LogP contribution in [0, 0.1) is 11.8 Å². The summed E-state index contributed by atoms with van der Waals surface area (Å²) in [4.78, 5) is 11.7. The van der Waals surface area contributed by atoms with Crippen molar-refractivity contribution in [3.8, 4) is 17.2 Å². The Hall–Kier alpha value is -3.71. The maximum absolute atomic E-state index is 12.1. The molecule has 1 amide bonds. The van der Waals surface area contributed by atoms with E-state index in [9.17, 15) is 25.2 Å². The number of carbonyl (C=O) groups excluding carboxylic acids is 1. The molecule has 1 aliphatic carbocycles. The quantitative estimate of drug-likeness (QED) is 0.0878. The van der Waals surface area contributed by atoms with Crippen LogP contribution in [0.5, 0.6) is 17.2 Å². The average Bonchev–Trinajstić information content (AvgIpc) is 3.74. The van der Waals surface area contributed by atoms with Crippen molar-refractivity contribution in [1.29, 1.82) is 0 Å². The van der Waals surface area contributed by atoms with E-state index in [1.54, 1.807) is 0 Å². The summed E-state index contributed by atoms with van der Waals surface area (Å²) in [7, 11) is 0. The minimum Gasteiger partial charge on any atom is -0.508 e. The van der Waals surface area contributed by atoms with Crippen LogP contribution >= 0.6 is 0 Å². The van der Waals surface area contributed by atoms with E-state index in [-0.39, 0.29) is 49.5 Å². The largest absolute Gasteiger partial charge is 0.508 e. The van der Waals surface area contributed by atoms with Crippen molar-refractivity contribution in [2.45, 2.75) is 82.3 Å². The summed E-state index contributed by atoms with van der Waals surface area (Å²) in [6.45, 7) is 7.04. The van der Waals surface area contributed by atoms with Crippen LogP contribution in [0.4, 0.5) is 5.69 Å². The van der Waals surface area contributed by atoms with Gasteiger partial charge in [0.1, 0.15) is 35.5 Å². The summed E-state index contributed by atoms with van der Waals surface area (Å²) < 4.78 is 19.6. The molecule has 1 saturated carbocycles. The maximum atomic E-state index is 12.1. The van der Waals surface area contributed by atoms with Crippen molar-refractivity contribution in [3.05, 3.63) is 82.9 Å². The van der Waals surface area contributed by atoms with Crippen LogP contribution in [0.1, 0.15) is 86.3 Å². The Morgan fingerprint density at radius 3 is 2.58 bits per heavy atom. The normalized spacial score (nSPS) is 24.9. The second kappa shape index (κ2) is 16.3. The number of phenols is 1. The molecule has 8 rings (SSSR count). The Balaban J connectivity index is 0.903. The van der Waals surface area contributed by atoms with E-state index in [0.29, 0.717) is 47.4 Å². The number of ether oxygens (including phenoxy) is 3. The molecule has 6 N–H and O–H groups in total. The van der Waals surface area contributed by atoms with E-state index >= 15 is 0 Å². The zero-order valence-electron chi connectivity index (χ0n) is 30.8. The molecule has 53 heavy (non-hydrogen) atoms. The standard InChI is InChI=1S/C42H55N3O8/c1-28(43-23-37(48)35-21-34(47)22-36-41(35)52-26-40(49)44-36)30-12-13-38(31(20-30)25-46)51-19-7-16-45-17-14-29(15-18-45)39(24-45)53-27-42(50,33-10-5-6-11-33)32-8-3-2-4-9-32/h2-4,8-9,12-13,20-22,28-29,33,37,39,43,46,48,50H,5-7,10-11,14-19,23-27H2,1H3,(H-,44,47,49)/p+1/t28?,29?,37-,39-,42?,45?/m0/s1. The summed E-state index contributed by atoms with van der Waals surface area (Å²) in [5.74, 6) is 1.41. The highest BCUT2D eigenvalue weighted by Crippen LogP contribution is 2.43. The average molecular weight is 731 g/mol. The molecule has 4 fully saturated rings. The third-order valence-corrected chi connectivity index (χ3v) is 12.4.